The molecular weight excluding hydrogens is 620 g/mol. The Kier molecular flexibility index (Phi) is 9.56. The Hall–Kier alpha value is -3.58. The van der Waals surface area contributed by atoms with Gasteiger partial charge in [0.25, 0.3) is 0 Å². The van der Waals surface area contributed by atoms with Gasteiger partial charge in [-0.2, -0.15) is 0 Å². The minimum absolute atomic E-state index is 0.0267. The van der Waals surface area contributed by atoms with Gasteiger partial charge in [-0.05, 0) is 64.5 Å². The number of ether oxygens (including phenoxy) is 2. The number of phenolic OH excluding ortho intramolecular Hbond substituents is 1. The number of hydrogen-bond acceptors (Lipinski definition) is 12. The number of hydrogen-bond donors (Lipinski definition) is 4. The van der Waals surface area contributed by atoms with E-state index in [0.29, 0.717) is 12.1 Å². The molecular formula is C36H46N2O10. The predicted molar refractivity (Wildman–Crippen MR) is 173 cm³/mol. The maximum Gasteiger partial charge on any atom is 0.305 e. The van der Waals surface area contributed by atoms with Crippen molar-refractivity contribution in [2.75, 3.05) is 40.3 Å². The molecule has 0 radical (unpaired) electrons. The van der Waals surface area contributed by atoms with E-state index >= 15 is 0 Å². The van der Waals surface area contributed by atoms with Gasteiger partial charge in [-0.3, -0.25) is 24.1 Å². The first-order chi connectivity index (χ1) is 22.9. The molecule has 1 saturated heterocycles. The van der Waals surface area contributed by atoms with Gasteiger partial charge in [-0.25, -0.2) is 0 Å². The maximum absolute atomic E-state index is 14.8. The van der Waals surface area contributed by atoms with Crippen molar-refractivity contribution < 1.29 is 49.1 Å². The van der Waals surface area contributed by atoms with Crippen molar-refractivity contribution in [3.8, 4) is 5.75 Å². The lowest BCUT2D eigenvalue weighted by atomic mass is 9.53. The second-order valence-corrected chi connectivity index (χ2v) is 14.0. The van der Waals surface area contributed by atoms with Gasteiger partial charge in [0, 0.05) is 36.8 Å². The number of phenols is 1. The second kappa shape index (κ2) is 13.4. The lowest BCUT2D eigenvalue weighted by Crippen LogP contribution is -2.71. The van der Waals surface area contributed by atoms with E-state index in [9.17, 15) is 39.6 Å². The van der Waals surface area contributed by atoms with Crippen LogP contribution < -0.4 is 0 Å². The van der Waals surface area contributed by atoms with E-state index in [2.05, 4.69) is 4.90 Å². The number of carbonyl (C=O) groups excluding carboxylic acids is 4. The van der Waals surface area contributed by atoms with Gasteiger partial charge in [0.1, 0.15) is 28.9 Å². The molecule has 260 valence electrons. The molecule has 0 spiro atoms. The summed E-state index contributed by atoms with van der Waals surface area (Å²) in [5.74, 6) is -8.78. The van der Waals surface area contributed by atoms with E-state index in [4.69, 9.17) is 9.47 Å². The number of benzene rings is 1. The highest BCUT2D eigenvalue weighted by Gasteiger charge is 2.70. The number of ketones is 3. The number of aliphatic hydroxyl groups excluding tert-OH is 2. The zero-order chi connectivity index (χ0) is 34.5. The summed E-state index contributed by atoms with van der Waals surface area (Å²) in [5, 5.41) is 47.1. The summed E-state index contributed by atoms with van der Waals surface area (Å²) in [5.41, 5.74) is -3.52. The van der Waals surface area contributed by atoms with E-state index in [0.717, 1.165) is 51.6 Å². The van der Waals surface area contributed by atoms with Gasteiger partial charge < -0.3 is 34.8 Å². The molecule has 1 aromatic rings. The zero-order valence-electron chi connectivity index (χ0n) is 27.8. The average Bonchev–Trinajstić information content (AvgIpc) is 3.78. The number of likely N-dealkylation sites (N-methyl/N-ethyl adjacent to an activating group) is 1. The number of nitrogens with zero attached hydrogens (tertiary/aromatic N) is 2. The Morgan fingerprint density at radius 1 is 1.04 bits per heavy atom. The molecule has 3 fully saturated rings. The molecule has 6 atom stereocenters. The standard InChI is InChI=1S/C36H46N2O10/c1-4-24(41)48-33-26-21(18-47-19-10-5-6-11-19)20-12-9-13-22(39)25(20)31(42)28(26)35(45)36(46)29(33)30(37(2)3)32(43)27(34(36)44)23(40)14-17-38-15-7-8-16-38/h9,12-13,19,21,26,29-30,33,39,42,44,46H,4-8,10-11,14-18H2,1-3H3. The third-order valence-corrected chi connectivity index (χ3v) is 11.0. The highest BCUT2D eigenvalue weighted by Crippen LogP contribution is 2.57. The summed E-state index contributed by atoms with van der Waals surface area (Å²) in [4.78, 5) is 59.4. The van der Waals surface area contributed by atoms with E-state index in [1.807, 2.05) is 0 Å². The molecule has 4 N–H and O–H groups in total. The Morgan fingerprint density at radius 3 is 2.38 bits per heavy atom. The van der Waals surface area contributed by atoms with Crippen LogP contribution in [-0.2, 0) is 28.7 Å². The molecule has 1 heterocycles. The summed E-state index contributed by atoms with van der Waals surface area (Å²) in [7, 11) is 3.11. The van der Waals surface area contributed by atoms with Crippen LogP contribution in [0.25, 0.3) is 5.76 Å². The van der Waals surface area contributed by atoms with Crippen LogP contribution in [0, 0.1) is 11.8 Å². The van der Waals surface area contributed by atoms with Gasteiger partial charge in [0.15, 0.2) is 17.2 Å². The van der Waals surface area contributed by atoms with Crippen molar-refractivity contribution in [1.29, 1.82) is 0 Å². The van der Waals surface area contributed by atoms with Gasteiger partial charge in [-0.15, -0.1) is 0 Å². The molecule has 5 aliphatic rings. The van der Waals surface area contributed by atoms with E-state index in [-0.39, 0.29) is 42.4 Å². The van der Waals surface area contributed by atoms with Gasteiger partial charge >= 0.3 is 5.97 Å². The summed E-state index contributed by atoms with van der Waals surface area (Å²) >= 11 is 0. The monoisotopic (exact) mass is 666 g/mol. The highest BCUT2D eigenvalue weighted by molar-refractivity contribution is 6.25. The SMILES string of the molecule is CCC(=O)OC1C2C(=C(O)c3c(O)cccc3C2COC2CCCC2)C(=O)C2(O)C(O)=C(C(=O)CCN3CCCC3)C(=O)C(N(C)C)C12. The fourth-order valence-electron chi connectivity index (χ4n) is 8.66. The Bertz CT molecular complexity index is 1550. The number of aliphatic hydroxyl groups is 3. The van der Waals surface area contributed by atoms with Crippen molar-refractivity contribution in [1.82, 2.24) is 9.80 Å². The van der Waals surface area contributed by atoms with Gasteiger partial charge in [0.2, 0.25) is 5.78 Å². The number of fused-ring (bicyclic) bond motifs is 3. The number of likely N-dealkylation sites (tertiary alicyclic amines) is 1. The number of carbonyl (C=O) groups is 4. The lowest BCUT2D eigenvalue weighted by molar-refractivity contribution is -0.186. The fourth-order valence-corrected chi connectivity index (χ4v) is 8.66. The smallest absolute Gasteiger partial charge is 0.305 e. The summed E-state index contributed by atoms with van der Waals surface area (Å²) in [6, 6.07) is 3.30. The van der Waals surface area contributed by atoms with Crippen LogP contribution in [0.1, 0.15) is 75.3 Å². The van der Waals surface area contributed by atoms with E-state index < -0.39 is 75.9 Å². The van der Waals surface area contributed by atoms with Crippen LogP contribution in [0.3, 0.4) is 0 Å². The fraction of sp³-hybridized carbons (Fsp3) is 0.611. The molecule has 6 rings (SSSR count). The number of esters is 1. The van der Waals surface area contributed by atoms with Crippen LogP contribution >= 0.6 is 0 Å². The van der Waals surface area contributed by atoms with Crippen molar-refractivity contribution in [2.24, 2.45) is 11.8 Å². The van der Waals surface area contributed by atoms with Crippen LogP contribution in [0.2, 0.25) is 0 Å². The molecule has 12 nitrogen and oxygen atoms in total. The molecule has 0 aromatic heterocycles. The molecule has 0 bridgehead atoms. The minimum atomic E-state index is -2.92. The number of aromatic hydroxyl groups is 1. The second-order valence-electron chi connectivity index (χ2n) is 14.0. The topological polar surface area (TPSA) is 174 Å². The Balaban J connectivity index is 1.54. The van der Waals surface area contributed by atoms with Crippen molar-refractivity contribution in [2.45, 2.75) is 88.1 Å². The molecule has 1 aliphatic heterocycles. The Labute approximate surface area is 280 Å². The van der Waals surface area contributed by atoms with Crippen LogP contribution in [0.5, 0.6) is 5.75 Å². The molecule has 6 unspecified atom stereocenters. The summed E-state index contributed by atoms with van der Waals surface area (Å²) in [6.45, 7) is 3.56. The number of Topliss-reactive ketones (excluding diaryl/α,β-unsaturated/α-hetero) is 3. The van der Waals surface area contributed by atoms with Crippen molar-refractivity contribution in [3.63, 3.8) is 0 Å². The van der Waals surface area contributed by atoms with Gasteiger partial charge in [0.05, 0.1) is 30.2 Å². The molecule has 12 heteroatoms. The third-order valence-electron chi connectivity index (χ3n) is 11.0. The quantitative estimate of drug-likeness (QED) is 0.213. The maximum atomic E-state index is 14.8. The first-order valence-corrected chi connectivity index (χ1v) is 17.1. The van der Waals surface area contributed by atoms with Crippen molar-refractivity contribution >= 4 is 29.1 Å². The molecule has 1 aromatic carbocycles. The number of rotatable bonds is 10. The molecule has 2 saturated carbocycles. The normalized spacial score (nSPS) is 30.9. The third kappa shape index (κ3) is 5.56. The lowest BCUT2D eigenvalue weighted by Gasteiger charge is -2.55. The first kappa shape index (κ1) is 34.3. The van der Waals surface area contributed by atoms with Gasteiger partial charge in [-0.1, -0.05) is 31.9 Å². The molecule has 4 aliphatic carbocycles. The Morgan fingerprint density at radius 2 is 1.73 bits per heavy atom. The van der Waals surface area contributed by atoms with E-state index in [1.165, 1.54) is 11.0 Å². The van der Waals surface area contributed by atoms with Crippen LogP contribution in [0.15, 0.2) is 35.1 Å². The average molecular weight is 667 g/mol. The largest absolute Gasteiger partial charge is 0.508 e. The first-order valence-electron chi connectivity index (χ1n) is 17.1. The minimum Gasteiger partial charge on any atom is -0.508 e. The summed E-state index contributed by atoms with van der Waals surface area (Å²) in [6.07, 6.45) is 4.01. The highest BCUT2D eigenvalue weighted by atomic mass is 16.5. The zero-order valence-corrected chi connectivity index (χ0v) is 27.8. The summed E-state index contributed by atoms with van der Waals surface area (Å²) < 4.78 is 12.4. The molecule has 0 amide bonds. The van der Waals surface area contributed by atoms with Crippen molar-refractivity contribution in [3.05, 3.63) is 46.2 Å². The predicted octanol–water partition coefficient (Wildman–Crippen LogP) is 2.97. The van der Waals surface area contributed by atoms with Crippen LogP contribution in [0.4, 0.5) is 0 Å². The molecule has 48 heavy (non-hydrogen) atoms. The van der Waals surface area contributed by atoms with Crippen LogP contribution in [-0.4, -0.2) is 118 Å². The van der Waals surface area contributed by atoms with E-state index in [1.54, 1.807) is 33.2 Å².